The van der Waals surface area contributed by atoms with E-state index in [0.717, 1.165) is 37.2 Å². The monoisotopic (exact) mass is 980 g/mol. The zero-order chi connectivity index (χ0) is 51.9. The van der Waals surface area contributed by atoms with Crippen LogP contribution in [-0.4, -0.2) is 96.5 Å². The van der Waals surface area contributed by atoms with Crippen molar-refractivity contribution in [3.8, 4) is 0 Å². The number of hydrogen-bond acceptors (Lipinski definition) is 15. The molecule has 0 spiro atoms. The number of sulfonamides is 2. The summed E-state index contributed by atoms with van der Waals surface area (Å²) in [6.07, 6.45) is 2.60. The average molecular weight is 981 g/mol. The van der Waals surface area contributed by atoms with E-state index >= 15 is 0 Å². The third-order valence-electron chi connectivity index (χ3n) is 7.64. The van der Waals surface area contributed by atoms with Gasteiger partial charge in [0.1, 0.15) is 5.60 Å². The van der Waals surface area contributed by atoms with Crippen LogP contribution in [0.5, 0.6) is 0 Å². The number of allylic oxidation sites excluding steroid dienone is 3. The lowest BCUT2D eigenvalue weighted by molar-refractivity contribution is -0.396. The highest BCUT2D eigenvalue weighted by Gasteiger charge is 2.32. The Hall–Kier alpha value is -7.16. The van der Waals surface area contributed by atoms with E-state index in [9.17, 15) is 66.9 Å². The first kappa shape index (κ1) is 59.8. The van der Waals surface area contributed by atoms with Gasteiger partial charge >= 0.3 is 12.2 Å². The Morgan fingerprint density at radius 1 is 0.821 bits per heavy atom. The average Bonchev–Trinajstić information content (AvgIpc) is 3.21. The highest BCUT2D eigenvalue weighted by molar-refractivity contribution is 7.89. The lowest BCUT2D eigenvalue weighted by atomic mass is 10.1. The molecule has 3 aromatic rings. The standard InChI is InChI=1S/C20H26N4O8S.C10H12N4O8S.C7H8.C4H10/c1-6-8-14(7-2)11-15(22-19(25)32-20(3,4)5)13-21-33(30,31)18-10-9-16(23(26)27)12-17(18)24(28)29;1-12(5-4-11-10(15)16)23(21,22)9-3-2-7(13(17)18)6-8(9)14(19)20;1-7-5-3-2-4-6-7;1-4(2)3/h6-10,12,15,21H,1-2,11,13H2,3-5H3,(H,22,25);2-3,6,11H,4-5H2,1H3,(H,15,16);2-6H,1H3;4H,1-3H3/b14-8+;;;/t15-;;;/m0.../s1. The second kappa shape index (κ2) is 28.0. The Balaban J connectivity index is 0.00000109. The van der Waals surface area contributed by atoms with E-state index < -0.39 is 96.1 Å². The van der Waals surface area contributed by atoms with Crippen LogP contribution < -0.4 is 15.4 Å². The van der Waals surface area contributed by atoms with Crippen LogP contribution in [0, 0.1) is 53.3 Å². The van der Waals surface area contributed by atoms with Crippen molar-refractivity contribution in [3.05, 3.63) is 150 Å². The number of carboxylic acid groups (broad SMARTS) is 1. The summed E-state index contributed by atoms with van der Waals surface area (Å²) in [6, 6.07) is 13.8. The molecule has 0 aliphatic carbocycles. The fourth-order valence-corrected chi connectivity index (χ4v) is 7.24. The Labute approximate surface area is 388 Å². The summed E-state index contributed by atoms with van der Waals surface area (Å²) in [5.74, 6) is 0.833. The van der Waals surface area contributed by atoms with E-state index in [0.29, 0.717) is 22.0 Å². The first-order chi connectivity index (χ1) is 30.9. The topological polar surface area (TPSA) is 344 Å². The van der Waals surface area contributed by atoms with E-state index in [1.54, 1.807) is 26.8 Å². The van der Waals surface area contributed by atoms with Crippen molar-refractivity contribution in [2.75, 3.05) is 26.7 Å². The smallest absolute Gasteiger partial charge is 0.407 e. The molecule has 0 saturated carbocycles. The van der Waals surface area contributed by atoms with Crippen molar-refractivity contribution in [1.82, 2.24) is 19.7 Å². The van der Waals surface area contributed by atoms with E-state index in [1.165, 1.54) is 17.7 Å². The van der Waals surface area contributed by atoms with Crippen molar-refractivity contribution in [3.63, 3.8) is 0 Å². The maximum atomic E-state index is 12.8. The van der Waals surface area contributed by atoms with Gasteiger partial charge in [-0.15, -0.1) is 0 Å². The van der Waals surface area contributed by atoms with Crippen LogP contribution in [-0.2, 0) is 24.8 Å². The van der Waals surface area contributed by atoms with Crippen LogP contribution in [0.4, 0.5) is 32.3 Å². The van der Waals surface area contributed by atoms with Gasteiger partial charge in [0.25, 0.3) is 22.7 Å². The number of nitrogens with one attached hydrogen (secondary N) is 3. The molecule has 4 N–H and O–H groups in total. The minimum absolute atomic E-state index is 0.139. The third kappa shape index (κ3) is 23.0. The lowest BCUT2D eigenvalue weighted by Crippen LogP contribution is -2.45. The van der Waals surface area contributed by atoms with Gasteiger partial charge in [0, 0.05) is 44.9 Å². The molecule has 26 heteroatoms. The van der Waals surface area contributed by atoms with Crippen LogP contribution in [0.1, 0.15) is 53.5 Å². The molecule has 0 heterocycles. The van der Waals surface area contributed by atoms with Crippen LogP contribution in [0.15, 0.2) is 113 Å². The fourth-order valence-electron chi connectivity index (χ4n) is 4.70. The molecule has 0 fully saturated rings. The lowest BCUT2D eigenvalue weighted by Gasteiger charge is -2.24. The Kier molecular flexibility index (Phi) is 25.0. The van der Waals surface area contributed by atoms with Crippen molar-refractivity contribution < 1.29 is 56.0 Å². The van der Waals surface area contributed by atoms with Gasteiger partial charge in [0.2, 0.25) is 20.0 Å². The van der Waals surface area contributed by atoms with Gasteiger partial charge in [0.05, 0.1) is 31.8 Å². The number of likely N-dealkylation sites (N-methyl/N-ethyl adjacent to an activating group) is 1. The number of nitro benzene ring substituents is 4. The van der Waals surface area contributed by atoms with Gasteiger partial charge in [-0.25, -0.2) is 31.1 Å². The molecular weight excluding hydrogens is 925 g/mol. The van der Waals surface area contributed by atoms with Crippen LogP contribution in [0.2, 0.25) is 0 Å². The number of benzene rings is 3. The van der Waals surface area contributed by atoms with Gasteiger partial charge < -0.3 is 20.5 Å². The van der Waals surface area contributed by atoms with E-state index in [1.807, 2.05) is 23.5 Å². The summed E-state index contributed by atoms with van der Waals surface area (Å²) in [5, 5.41) is 56.7. The molecule has 0 saturated heterocycles. The minimum atomic E-state index is -4.47. The van der Waals surface area contributed by atoms with Crippen molar-refractivity contribution in [1.29, 1.82) is 0 Å². The highest BCUT2D eigenvalue weighted by Crippen LogP contribution is 2.30. The predicted molar refractivity (Wildman–Crippen MR) is 248 cm³/mol. The number of aryl methyl sites for hydroxylation is 1. The SMILES string of the molecule is C=C/C=C(\C=C)C[C@@H](CNS(=O)(=O)c1ccc([N+](=O)[O-])cc1[N+](=O)[O-])NC(=O)OC(C)(C)C.CC(C)C.CN(CCNC(=O)O)S(=O)(=O)c1ccc([N+](=O)[O-])cc1[N+](=O)[O-].Cc1ccccc1. The van der Waals surface area contributed by atoms with Gasteiger partial charge in [-0.2, -0.15) is 4.31 Å². The largest absolute Gasteiger partial charge is 0.465 e. The second-order valence-electron chi connectivity index (χ2n) is 15.4. The zero-order valence-electron chi connectivity index (χ0n) is 38.1. The van der Waals surface area contributed by atoms with Crippen LogP contribution in [0.25, 0.3) is 0 Å². The molecule has 0 radical (unpaired) electrons. The Morgan fingerprint density at radius 3 is 1.69 bits per heavy atom. The molecule has 3 rings (SSSR count). The summed E-state index contributed by atoms with van der Waals surface area (Å²) in [5.41, 5.74) is -1.98. The number of non-ortho nitro benzene ring substituents is 2. The Morgan fingerprint density at radius 2 is 1.30 bits per heavy atom. The van der Waals surface area contributed by atoms with E-state index in [4.69, 9.17) is 9.84 Å². The molecule has 3 aromatic carbocycles. The summed E-state index contributed by atoms with van der Waals surface area (Å²) >= 11 is 0. The maximum Gasteiger partial charge on any atom is 0.407 e. The first-order valence-electron chi connectivity index (χ1n) is 19.6. The van der Waals surface area contributed by atoms with Gasteiger partial charge in [0.15, 0.2) is 9.79 Å². The maximum absolute atomic E-state index is 12.8. The molecule has 0 aliphatic heterocycles. The fraction of sp³-hybridized carbons (Fsp3) is 0.366. The number of ether oxygens (including phenoxy) is 1. The zero-order valence-corrected chi connectivity index (χ0v) is 39.7. The number of hydrogen-bond donors (Lipinski definition) is 4. The molecular formula is C41H56N8O16S2. The van der Waals surface area contributed by atoms with Crippen molar-refractivity contribution in [2.45, 2.75) is 76.3 Å². The van der Waals surface area contributed by atoms with Crippen molar-refractivity contribution in [2.24, 2.45) is 5.92 Å². The molecule has 368 valence electrons. The second-order valence-corrected chi connectivity index (χ2v) is 19.1. The number of carbonyl (C=O) groups is 2. The first-order valence-corrected chi connectivity index (χ1v) is 22.6. The molecule has 0 aromatic heterocycles. The number of nitrogens with zero attached hydrogens (tertiary/aromatic N) is 5. The summed E-state index contributed by atoms with van der Waals surface area (Å²) in [4.78, 5) is 61.0. The summed E-state index contributed by atoms with van der Waals surface area (Å²) < 4.78 is 58.2. The van der Waals surface area contributed by atoms with E-state index in [-0.39, 0.29) is 26.1 Å². The third-order valence-corrected chi connectivity index (χ3v) is 11.0. The molecule has 24 nitrogen and oxygen atoms in total. The minimum Gasteiger partial charge on any atom is -0.465 e. The van der Waals surface area contributed by atoms with Crippen molar-refractivity contribution >= 4 is 55.0 Å². The van der Waals surface area contributed by atoms with Gasteiger partial charge in [-0.3, -0.25) is 40.5 Å². The number of carbonyl (C=O) groups excluding carboxylic acids is 1. The van der Waals surface area contributed by atoms with E-state index in [2.05, 4.69) is 63.0 Å². The quantitative estimate of drug-likeness (QED) is 0.0547. The number of rotatable bonds is 18. The normalized spacial score (nSPS) is 11.7. The highest BCUT2D eigenvalue weighted by atomic mass is 32.2. The van der Waals surface area contributed by atoms with Crippen LogP contribution >= 0.6 is 0 Å². The van der Waals surface area contributed by atoms with Crippen LogP contribution in [0.3, 0.4) is 0 Å². The summed E-state index contributed by atoms with van der Waals surface area (Å²) in [7, 11) is -7.69. The number of amides is 2. The van der Waals surface area contributed by atoms with Gasteiger partial charge in [-0.05, 0) is 57.7 Å². The molecule has 1 atom stereocenters. The predicted octanol–water partition coefficient (Wildman–Crippen LogP) is 7.41. The molecule has 67 heavy (non-hydrogen) atoms. The molecule has 0 bridgehead atoms. The summed E-state index contributed by atoms with van der Waals surface area (Å²) in [6.45, 7) is 19.9. The Bertz CT molecular complexity index is 2470. The molecule has 0 unspecified atom stereocenters. The molecule has 0 aliphatic rings. The number of nitro groups is 4. The molecule has 2 amide bonds. The number of alkyl carbamates (subject to hydrolysis) is 1. The van der Waals surface area contributed by atoms with Gasteiger partial charge in [-0.1, -0.05) is 88.1 Å².